The van der Waals surface area contributed by atoms with Crippen molar-refractivity contribution >= 4 is 15.9 Å². The number of hydrogen-bond donors (Lipinski definition) is 0. The smallest absolute Gasteiger partial charge is 0.244 e. The predicted octanol–water partition coefficient (Wildman–Crippen LogP) is 2.82. The molecule has 1 saturated heterocycles. The molecule has 1 heterocycles. The van der Waals surface area contributed by atoms with Gasteiger partial charge >= 0.3 is 0 Å². The van der Waals surface area contributed by atoms with Crippen LogP contribution in [-0.4, -0.2) is 49.7 Å². The second kappa shape index (κ2) is 7.86. The van der Waals surface area contributed by atoms with E-state index in [1.54, 1.807) is 12.1 Å². The van der Waals surface area contributed by atoms with E-state index in [9.17, 15) is 18.5 Å². The van der Waals surface area contributed by atoms with E-state index < -0.39 is 15.4 Å². The normalized spacial score (nSPS) is 19.0. The SMILES string of the molecule is Cc1cccc(C2(C(=O)N3CCN(S(=O)(=O)c4ccccc4C#N)CC3)CCC2)c1. The molecule has 30 heavy (non-hydrogen) atoms. The second-order valence-electron chi connectivity index (χ2n) is 8.11. The van der Waals surface area contributed by atoms with Crippen LogP contribution in [0.5, 0.6) is 0 Å². The lowest BCUT2D eigenvalue weighted by Gasteiger charge is -2.46. The quantitative estimate of drug-likeness (QED) is 0.757. The number of nitrogens with zero attached hydrogens (tertiary/aromatic N) is 3. The van der Waals surface area contributed by atoms with Gasteiger partial charge in [0.15, 0.2) is 0 Å². The molecule has 2 aromatic rings. The molecule has 1 amide bonds. The number of amides is 1. The zero-order chi connectivity index (χ0) is 21.4. The standard InChI is InChI=1S/C23H25N3O3S/c1-18-6-4-8-20(16-18)23(10-5-11-23)22(27)25-12-14-26(15-13-25)30(28,29)21-9-3-2-7-19(21)17-24/h2-4,6-9,16H,5,10-15H2,1H3. The Bertz CT molecular complexity index is 1110. The van der Waals surface area contributed by atoms with Crippen LogP contribution in [0.25, 0.3) is 0 Å². The number of hydrogen-bond acceptors (Lipinski definition) is 4. The molecule has 1 aliphatic carbocycles. The summed E-state index contributed by atoms with van der Waals surface area (Å²) in [5, 5.41) is 9.26. The van der Waals surface area contributed by atoms with Gasteiger partial charge in [0.25, 0.3) is 0 Å². The highest BCUT2D eigenvalue weighted by molar-refractivity contribution is 7.89. The van der Waals surface area contributed by atoms with Crippen LogP contribution in [0.1, 0.15) is 36.0 Å². The maximum absolute atomic E-state index is 13.5. The molecular weight excluding hydrogens is 398 g/mol. The number of sulfonamides is 1. The van der Waals surface area contributed by atoms with Gasteiger partial charge in [0.05, 0.1) is 15.9 Å². The summed E-state index contributed by atoms with van der Waals surface area (Å²) in [5.41, 5.74) is 1.87. The van der Waals surface area contributed by atoms with Crippen molar-refractivity contribution in [3.63, 3.8) is 0 Å². The molecule has 0 atom stereocenters. The Labute approximate surface area is 177 Å². The van der Waals surface area contributed by atoms with Gasteiger partial charge in [-0.25, -0.2) is 8.42 Å². The molecule has 7 heteroatoms. The molecule has 0 aromatic heterocycles. The number of carbonyl (C=O) groups is 1. The average molecular weight is 424 g/mol. The highest BCUT2D eigenvalue weighted by Gasteiger charge is 2.48. The number of piperazine rings is 1. The molecule has 0 spiro atoms. The number of carbonyl (C=O) groups excluding carboxylic acids is 1. The molecular formula is C23H25N3O3S. The van der Waals surface area contributed by atoms with Gasteiger partial charge < -0.3 is 4.90 Å². The fraction of sp³-hybridized carbons (Fsp3) is 0.391. The Hall–Kier alpha value is -2.69. The van der Waals surface area contributed by atoms with Crippen LogP contribution in [0, 0.1) is 18.3 Å². The van der Waals surface area contributed by atoms with Crippen molar-refractivity contribution in [1.82, 2.24) is 9.21 Å². The van der Waals surface area contributed by atoms with E-state index in [1.807, 2.05) is 36.1 Å². The maximum atomic E-state index is 13.5. The van der Waals surface area contributed by atoms with Gasteiger partial charge in [0.2, 0.25) is 15.9 Å². The molecule has 0 unspecified atom stereocenters. The lowest BCUT2D eigenvalue weighted by molar-refractivity contribution is -0.142. The summed E-state index contributed by atoms with van der Waals surface area (Å²) in [6.45, 7) is 3.22. The van der Waals surface area contributed by atoms with Crippen LogP contribution in [0.4, 0.5) is 0 Å². The Morgan fingerprint density at radius 2 is 1.73 bits per heavy atom. The van der Waals surface area contributed by atoms with E-state index in [4.69, 9.17) is 0 Å². The van der Waals surface area contributed by atoms with Crippen LogP contribution < -0.4 is 0 Å². The van der Waals surface area contributed by atoms with Crippen LogP contribution in [0.2, 0.25) is 0 Å². The lowest BCUT2D eigenvalue weighted by atomic mass is 9.63. The lowest BCUT2D eigenvalue weighted by Crippen LogP contribution is -2.57. The van der Waals surface area contributed by atoms with Crippen LogP contribution >= 0.6 is 0 Å². The molecule has 2 fully saturated rings. The molecule has 2 aliphatic rings. The molecule has 0 radical (unpaired) electrons. The molecule has 4 rings (SSSR count). The summed E-state index contributed by atoms with van der Waals surface area (Å²) in [6.07, 6.45) is 2.70. The Morgan fingerprint density at radius 3 is 2.33 bits per heavy atom. The highest BCUT2D eigenvalue weighted by atomic mass is 32.2. The van der Waals surface area contributed by atoms with Crippen molar-refractivity contribution in [2.45, 2.75) is 36.5 Å². The molecule has 0 bridgehead atoms. The van der Waals surface area contributed by atoms with E-state index in [0.717, 1.165) is 30.4 Å². The topological polar surface area (TPSA) is 81.5 Å². The Balaban J connectivity index is 1.51. The molecule has 0 N–H and O–H groups in total. The molecule has 156 valence electrons. The zero-order valence-corrected chi connectivity index (χ0v) is 17.9. The summed E-state index contributed by atoms with van der Waals surface area (Å²) in [7, 11) is -3.77. The van der Waals surface area contributed by atoms with Crippen molar-refractivity contribution < 1.29 is 13.2 Å². The zero-order valence-electron chi connectivity index (χ0n) is 17.0. The van der Waals surface area contributed by atoms with Gasteiger partial charge in [-0.2, -0.15) is 9.57 Å². The number of nitriles is 1. The fourth-order valence-corrected chi connectivity index (χ4v) is 6.02. The summed E-state index contributed by atoms with van der Waals surface area (Å²) in [6, 6.07) is 16.4. The van der Waals surface area contributed by atoms with Gasteiger partial charge in [-0.05, 0) is 37.5 Å². The third-order valence-electron chi connectivity index (χ3n) is 6.34. The molecule has 1 aliphatic heterocycles. The first-order valence-electron chi connectivity index (χ1n) is 10.2. The van der Waals surface area contributed by atoms with E-state index in [1.165, 1.54) is 16.4 Å². The number of benzene rings is 2. The van der Waals surface area contributed by atoms with Crippen LogP contribution in [0.3, 0.4) is 0 Å². The fourth-order valence-electron chi connectivity index (χ4n) is 4.46. The van der Waals surface area contributed by atoms with E-state index >= 15 is 0 Å². The highest BCUT2D eigenvalue weighted by Crippen LogP contribution is 2.45. The van der Waals surface area contributed by atoms with Crippen LogP contribution in [-0.2, 0) is 20.2 Å². The number of rotatable bonds is 4. The summed E-state index contributed by atoms with van der Waals surface area (Å²) >= 11 is 0. The van der Waals surface area contributed by atoms with E-state index in [-0.39, 0.29) is 29.5 Å². The molecule has 6 nitrogen and oxygen atoms in total. The van der Waals surface area contributed by atoms with Crippen molar-refractivity contribution in [2.24, 2.45) is 0 Å². The third kappa shape index (κ3) is 3.40. The summed E-state index contributed by atoms with van der Waals surface area (Å²) < 4.78 is 27.5. The van der Waals surface area contributed by atoms with E-state index in [2.05, 4.69) is 6.07 Å². The predicted molar refractivity (Wildman–Crippen MR) is 113 cm³/mol. The first-order chi connectivity index (χ1) is 14.4. The summed E-state index contributed by atoms with van der Waals surface area (Å²) in [5.74, 6) is 0.105. The van der Waals surface area contributed by atoms with Gasteiger partial charge in [-0.3, -0.25) is 4.79 Å². The largest absolute Gasteiger partial charge is 0.339 e. The maximum Gasteiger partial charge on any atom is 0.244 e. The average Bonchev–Trinajstić information content (AvgIpc) is 2.73. The van der Waals surface area contributed by atoms with Gasteiger partial charge in [0, 0.05) is 26.2 Å². The minimum Gasteiger partial charge on any atom is -0.339 e. The van der Waals surface area contributed by atoms with Gasteiger partial charge in [0.1, 0.15) is 6.07 Å². The minimum atomic E-state index is -3.77. The Kier molecular flexibility index (Phi) is 5.39. The van der Waals surface area contributed by atoms with Crippen molar-refractivity contribution in [3.8, 4) is 6.07 Å². The molecule has 2 aromatic carbocycles. The van der Waals surface area contributed by atoms with Crippen molar-refractivity contribution in [3.05, 3.63) is 65.2 Å². The monoisotopic (exact) mass is 423 g/mol. The van der Waals surface area contributed by atoms with Gasteiger partial charge in [-0.1, -0.05) is 48.4 Å². The third-order valence-corrected chi connectivity index (χ3v) is 8.30. The number of aryl methyl sites for hydroxylation is 1. The first-order valence-corrected chi connectivity index (χ1v) is 11.7. The second-order valence-corrected chi connectivity index (χ2v) is 10.0. The van der Waals surface area contributed by atoms with Crippen molar-refractivity contribution in [2.75, 3.05) is 26.2 Å². The summed E-state index contributed by atoms with van der Waals surface area (Å²) in [4.78, 5) is 15.3. The van der Waals surface area contributed by atoms with Crippen LogP contribution in [0.15, 0.2) is 53.4 Å². The van der Waals surface area contributed by atoms with Gasteiger partial charge in [-0.15, -0.1) is 0 Å². The van der Waals surface area contributed by atoms with Crippen molar-refractivity contribution in [1.29, 1.82) is 5.26 Å². The molecule has 1 saturated carbocycles. The Morgan fingerprint density at radius 1 is 1.03 bits per heavy atom. The van der Waals surface area contributed by atoms with E-state index in [0.29, 0.717) is 13.1 Å². The first kappa shape index (κ1) is 20.6. The minimum absolute atomic E-state index is 0.0301.